The van der Waals surface area contributed by atoms with Crippen molar-refractivity contribution in [2.45, 2.75) is 42.4 Å². The van der Waals surface area contributed by atoms with Crippen molar-refractivity contribution < 1.29 is 13.3 Å². The van der Waals surface area contributed by atoms with Gasteiger partial charge in [0.1, 0.15) is 10.0 Å². The van der Waals surface area contributed by atoms with E-state index in [4.69, 9.17) is 0 Å². The van der Waals surface area contributed by atoms with Gasteiger partial charge >= 0.3 is 0 Å². The molecule has 0 bridgehead atoms. The Morgan fingerprint density at radius 1 is 1.04 bits per heavy atom. The predicted molar refractivity (Wildman–Crippen MR) is 95.7 cm³/mol. The summed E-state index contributed by atoms with van der Waals surface area (Å²) in [5, 5.41) is 21.8. The van der Waals surface area contributed by atoms with E-state index < -0.39 is 14.9 Å². The number of piperidine rings is 1. The molecule has 0 N–H and O–H groups in total. The van der Waals surface area contributed by atoms with E-state index in [1.54, 1.807) is 11.3 Å². The highest BCUT2D eigenvalue weighted by Gasteiger charge is 2.35. The molecule has 0 amide bonds. The van der Waals surface area contributed by atoms with E-state index in [1.165, 1.54) is 41.4 Å². The largest absolute Gasteiger partial charge is 0.289 e. The zero-order valence-electron chi connectivity index (χ0n) is 13.9. The molecule has 1 aliphatic carbocycles. The summed E-state index contributed by atoms with van der Waals surface area (Å²) < 4.78 is 27.0. The van der Waals surface area contributed by atoms with Crippen molar-refractivity contribution in [2.75, 3.05) is 13.1 Å². The zero-order chi connectivity index (χ0) is 18.3. The van der Waals surface area contributed by atoms with Gasteiger partial charge in [-0.2, -0.15) is 4.31 Å². The van der Waals surface area contributed by atoms with E-state index in [2.05, 4.69) is 10.2 Å². The van der Waals surface area contributed by atoms with Crippen LogP contribution in [0.5, 0.6) is 0 Å². The lowest BCUT2D eigenvalue weighted by Crippen LogP contribution is -2.38. The second kappa shape index (κ2) is 6.67. The maximum absolute atomic E-state index is 12.9. The molecule has 26 heavy (non-hydrogen) atoms. The minimum atomic E-state index is -3.88. The van der Waals surface area contributed by atoms with Gasteiger partial charge in [-0.25, -0.2) is 8.42 Å². The number of hydrogen-bond acceptors (Lipinski definition) is 7. The summed E-state index contributed by atoms with van der Waals surface area (Å²) >= 11 is 1.64. The van der Waals surface area contributed by atoms with Crippen molar-refractivity contribution in [2.24, 2.45) is 0 Å². The van der Waals surface area contributed by atoms with E-state index in [0.29, 0.717) is 31.8 Å². The summed E-state index contributed by atoms with van der Waals surface area (Å²) in [5.41, 5.74) is -0.382. The number of rotatable bonds is 5. The number of hydrogen-bond donors (Lipinski definition) is 0. The molecule has 1 aliphatic heterocycles. The summed E-state index contributed by atoms with van der Waals surface area (Å²) in [5.74, 6) is 0.776. The molecular weight excluding hydrogens is 376 g/mol. The fraction of sp³-hybridized carbons (Fsp3) is 0.500. The third kappa shape index (κ3) is 3.24. The number of para-hydroxylation sites is 1. The van der Waals surface area contributed by atoms with Crippen LogP contribution in [0.4, 0.5) is 5.69 Å². The minimum Gasteiger partial charge on any atom is -0.258 e. The van der Waals surface area contributed by atoms with Crippen LogP contribution in [0.25, 0.3) is 0 Å². The molecule has 2 aromatic rings. The Hall–Kier alpha value is -1.91. The Bertz CT molecular complexity index is 931. The first-order chi connectivity index (χ1) is 12.5. The average molecular weight is 394 g/mol. The number of benzene rings is 1. The van der Waals surface area contributed by atoms with Gasteiger partial charge in [-0.05, 0) is 31.7 Å². The van der Waals surface area contributed by atoms with E-state index in [9.17, 15) is 18.5 Å². The summed E-state index contributed by atoms with van der Waals surface area (Å²) in [6, 6.07) is 5.50. The van der Waals surface area contributed by atoms with Crippen molar-refractivity contribution in [3.63, 3.8) is 0 Å². The lowest BCUT2D eigenvalue weighted by molar-refractivity contribution is -0.387. The van der Waals surface area contributed by atoms with E-state index in [1.807, 2.05) is 0 Å². The van der Waals surface area contributed by atoms with Gasteiger partial charge in [-0.1, -0.05) is 12.1 Å². The molecular formula is C16H18N4O4S2. The third-order valence-corrected chi connectivity index (χ3v) is 8.06. The Balaban J connectivity index is 1.49. The van der Waals surface area contributed by atoms with Crippen LogP contribution in [0.3, 0.4) is 0 Å². The maximum atomic E-state index is 12.9. The molecule has 0 radical (unpaired) electrons. The Labute approximate surface area is 155 Å². The SMILES string of the molecule is O=[N+]([O-])c1ccccc1S(=O)(=O)N1CCC(c2nnc(C3CC3)s2)CC1. The molecule has 138 valence electrons. The van der Waals surface area contributed by atoms with Gasteiger partial charge in [0.25, 0.3) is 5.69 Å². The molecule has 1 aromatic carbocycles. The van der Waals surface area contributed by atoms with Gasteiger partial charge < -0.3 is 0 Å². The summed E-state index contributed by atoms with van der Waals surface area (Å²) in [4.78, 5) is 10.3. The first-order valence-electron chi connectivity index (χ1n) is 8.53. The molecule has 2 fully saturated rings. The summed E-state index contributed by atoms with van der Waals surface area (Å²) in [6.07, 6.45) is 3.67. The van der Waals surface area contributed by atoms with Crippen LogP contribution in [0.2, 0.25) is 0 Å². The average Bonchev–Trinajstić information content (AvgIpc) is 3.39. The second-order valence-corrected chi connectivity index (χ2v) is 9.60. The van der Waals surface area contributed by atoms with Crippen molar-refractivity contribution in [3.8, 4) is 0 Å². The first kappa shape index (κ1) is 17.5. The second-order valence-electron chi connectivity index (χ2n) is 6.66. The smallest absolute Gasteiger partial charge is 0.258 e. The highest BCUT2D eigenvalue weighted by Crippen LogP contribution is 2.43. The molecule has 2 heterocycles. The topological polar surface area (TPSA) is 106 Å². The van der Waals surface area contributed by atoms with Crippen LogP contribution in [0.15, 0.2) is 29.2 Å². The van der Waals surface area contributed by atoms with Gasteiger partial charge in [0.2, 0.25) is 10.0 Å². The molecule has 0 spiro atoms. The summed E-state index contributed by atoms with van der Waals surface area (Å²) in [6.45, 7) is 0.661. The van der Waals surface area contributed by atoms with Crippen LogP contribution in [-0.2, 0) is 10.0 Å². The monoisotopic (exact) mass is 394 g/mol. The molecule has 1 saturated heterocycles. The highest BCUT2D eigenvalue weighted by molar-refractivity contribution is 7.89. The number of nitro groups is 1. The van der Waals surface area contributed by atoms with Crippen molar-refractivity contribution >= 4 is 27.0 Å². The maximum Gasteiger partial charge on any atom is 0.289 e. The number of sulfonamides is 1. The first-order valence-corrected chi connectivity index (χ1v) is 10.8. The van der Waals surface area contributed by atoms with Crippen LogP contribution in [-0.4, -0.2) is 40.9 Å². The van der Waals surface area contributed by atoms with Gasteiger partial charge in [-0.15, -0.1) is 21.5 Å². The molecule has 1 aromatic heterocycles. The highest BCUT2D eigenvalue weighted by atomic mass is 32.2. The molecule has 10 heteroatoms. The van der Waals surface area contributed by atoms with Crippen molar-refractivity contribution in [1.29, 1.82) is 0 Å². The van der Waals surface area contributed by atoms with Crippen LogP contribution < -0.4 is 0 Å². The Morgan fingerprint density at radius 3 is 2.19 bits per heavy atom. The Morgan fingerprint density at radius 2 is 1.62 bits per heavy atom. The third-order valence-electron chi connectivity index (χ3n) is 4.87. The quantitative estimate of drug-likeness (QED) is 0.570. The van der Waals surface area contributed by atoms with E-state index >= 15 is 0 Å². The fourth-order valence-corrected chi connectivity index (χ4v) is 6.02. The van der Waals surface area contributed by atoms with Crippen molar-refractivity contribution in [1.82, 2.24) is 14.5 Å². The Kier molecular flexibility index (Phi) is 4.49. The molecule has 2 aliphatic rings. The normalized spacial score (nSPS) is 19.5. The molecule has 0 atom stereocenters. The summed E-state index contributed by atoms with van der Waals surface area (Å²) in [7, 11) is -3.88. The van der Waals surface area contributed by atoms with Crippen molar-refractivity contribution in [3.05, 3.63) is 44.4 Å². The zero-order valence-corrected chi connectivity index (χ0v) is 15.6. The van der Waals surface area contributed by atoms with Gasteiger partial charge in [0, 0.05) is 31.0 Å². The van der Waals surface area contributed by atoms with Crippen LogP contribution >= 0.6 is 11.3 Å². The van der Waals surface area contributed by atoms with E-state index in [-0.39, 0.29) is 16.5 Å². The van der Waals surface area contributed by atoms with Gasteiger partial charge in [-0.3, -0.25) is 10.1 Å². The molecule has 1 saturated carbocycles. The fourth-order valence-electron chi connectivity index (χ4n) is 3.22. The molecule has 4 rings (SSSR count). The van der Waals surface area contributed by atoms with Crippen LogP contribution in [0, 0.1) is 10.1 Å². The lowest BCUT2D eigenvalue weighted by Gasteiger charge is -2.29. The van der Waals surface area contributed by atoms with Gasteiger partial charge in [0.05, 0.1) is 4.92 Å². The number of nitrogens with zero attached hydrogens (tertiary/aromatic N) is 4. The predicted octanol–water partition coefficient (Wildman–Crippen LogP) is 2.89. The lowest BCUT2D eigenvalue weighted by atomic mass is 9.99. The number of aromatic nitrogens is 2. The van der Waals surface area contributed by atoms with E-state index in [0.717, 1.165) is 10.0 Å². The van der Waals surface area contributed by atoms with Gasteiger partial charge in [0.15, 0.2) is 4.90 Å². The number of nitro benzene ring substituents is 1. The molecule has 8 nitrogen and oxygen atoms in total. The molecule has 0 unspecified atom stereocenters. The minimum absolute atomic E-state index is 0.206. The van der Waals surface area contributed by atoms with Crippen LogP contribution in [0.1, 0.15) is 47.5 Å². The standard InChI is InChI=1S/C16H18N4O4S2/c21-20(22)13-3-1-2-4-14(13)26(23,24)19-9-7-12(8-10-19)16-18-17-15(25-16)11-5-6-11/h1-4,11-12H,5-10H2.